The van der Waals surface area contributed by atoms with E-state index < -0.39 is 0 Å². The van der Waals surface area contributed by atoms with Crippen LogP contribution >= 0.6 is 0 Å². The summed E-state index contributed by atoms with van der Waals surface area (Å²) in [4.78, 5) is 36.7. The number of carbonyl (C=O) groups excluding carboxylic acids is 3. The topological polar surface area (TPSA) is 63.7 Å². The summed E-state index contributed by atoms with van der Waals surface area (Å²) in [7, 11) is 0. The SMILES string of the molecule is O=C(C=Cc1ccc(CCCCOc2ccc(N3C(=O)C=CC3=O)cc2)cc1)c1ccc(F)cc1. The molecule has 35 heavy (non-hydrogen) atoms. The first-order valence-electron chi connectivity index (χ1n) is 11.4. The zero-order chi connectivity index (χ0) is 24.6. The molecule has 0 spiro atoms. The maximum atomic E-state index is 13.0. The van der Waals surface area contributed by atoms with E-state index >= 15 is 0 Å². The largest absolute Gasteiger partial charge is 0.494 e. The van der Waals surface area contributed by atoms with Crippen LogP contribution in [0.15, 0.2) is 91.0 Å². The number of rotatable bonds is 10. The van der Waals surface area contributed by atoms with Gasteiger partial charge in [0.25, 0.3) is 11.8 Å². The zero-order valence-corrected chi connectivity index (χ0v) is 19.0. The Bertz CT molecular complexity index is 1240. The molecule has 176 valence electrons. The molecule has 0 saturated carbocycles. The van der Waals surface area contributed by atoms with Crippen LogP contribution in [0.1, 0.15) is 34.3 Å². The van der Waals surface area contributed by atoms with Gasteiger partial charge < -0.3 is 4.74 Å². The highest BCUT2D eigenvalue weighted by Crippen LogP contribution is 2.22. The highest BCUT2D eigenvalue weighted by Gasteiger charge is 2.24. The molecule has 2 amide bonds. The first-order valence-corrected chi connectivity index (χ1v) is 11.4. The van der Waals surface area contributed by atoms with Crippen molar-refractivity contribution in [3.05, 3.63) is 114 Å². The number of allylic oxidation sites excluding steroid dienone is 1. The fourth-order valence-electron chi connectivity index (χ4n) is 3.65. The average Bonchev–Trinajstić information content (AvgIpc) is 3.21. The van der Waals surface area contributed by atoms with Gasteiger partial charge in [-0.2, -0.15) is 0 Å². The molecule has 3 aromatic carbocycles. The van der Waals surface area contributed by atoms with Gasteiger partial charge in [-0.05, 0) is 85.0 Å². The second kappa shape index (κ2) is 11.2. The van der Waals surface area contributed by atoms with Crippen molar-refractivity contribution in [1.29, 1.82) is 0 Å². The van der Waals surface area contributed by atoms with E-state index in [-0.39, 0.29) is 23.4 Å². The van der Waals surface area contributed by atoms with Crippen molar-refractivity contribution in [3.63, 3.8) is 0 Å². The summed E-state index contributed by atoms with van der Waals surface area (Å²) in [5, 5.41) is 0. The fourth-order valence-corrected chi connectivity index (χ4v) is 3.65. The van der Waals surface area contributed by atoms with Crippen LogP contribution in [0.2, 0.25) is 0 Å². The lowest BCUT2D eigenvalue weighted by atomic mass is 10.0. The monoisotopic (exact) mass is 469 g/mol. The van der Waals surface area contributed by atoms with Crippen LogP contribution in [-0.2, 0) is 16.0 Å². The maximum Gasteiger partial charge on any atom is 0.258 e. The minimum absolute atomic E-state index is 0.168. The molecule has 1 aliphatic heterocycles. The lowest BCUT2D eigenvalue weighted by Gasteiger charge is -2.14. The average molecular weight is 470 g/mol. The number of halogens is 1. The first-order chi connectivity index (χ1) is 17.0. The van der Waals surface area contributed by atoms with Gasteiger partial charge in [-0.15, -0.1) is 0 Å². The molecule has 0 atom stereocenters. The molecule has 0 aromatic heterocycles. The predicted molar refractivity (Wildman–Crippen MR) is 133 cm³/mol. The van der Waals surface area contributed by atoms with Gasteiger partial charge in [0.1, 0.15) is 11.6 Å². The molecular weight excluding hydrogens is 445 g/mol. The lowest BCUT2D eigenvalue weighted by molar-refractivity contribution is -0.119. The van der Waals surface area contributed by atoms with Crippen LogP contribution < -0.4 is 9.64 Å². The summed E-state index contributed by atoms with van der Waals surface area (Å²) in [6.45, 7) is 0.564. The zero-order valence-electron chi connectivity index (χ0n) is 19.0. The molecule has 3 aromatic rings. The molecule has 0 unspecified atom stereocenters. The maximum absolute atomic E-state index is 13.0. The smallest absolute Gasteiger partial charge is 0.258 e. The number of anilines is 1. The minimum Gasteiger partial charge on any atom is -0.494 e. The molecule has 1 heterocycles. The molecule has 1 aliphatic rings. The molecule has 0 aliphatic carbocycles. The third-order valence-electron chi connectivity index (χ3n) is 5.57. The van der Waals surface area contributed by atoms with Crippen molar-refractivity contribution in [2.24, 2.45) is 0 Å². The van der Waals surface area contributed by atoms with Crippen molar-refractivity contribution in [3.8, 4) is 5.75 Å². The van der Waals surface area contributed by atoms with E-state index in [2.05, 4.69) is 0 Å². The van der Waals surface area contributed by atoms with Crippen molar-refractivity contribution in [2.75, 3.05) is 11.5 Å². The normalized spacial score (nSPS) is 13.1. The van der Waals surface area contributed by atoms with Crippen LogP contribution in [0.4, 0.5) is 10.1 Å². The van der Waals surface area contributed by atoms with Gasteiger partial charge in [-0.3, -0.25) is 14.4 Å². The third kappa shape index (κ3) is 6.38. The minimum atomic E-state index is -0.366. The van der Waals surface area contributed by atoms with Crippen molar-refractivity contribution in [2.45, 2.75) is 19.3 Å². The summed E-state index contributed by atoms with van der Waals surface area (Å²) in [5.41, 5.74) is 3.09. The van der Waals surface area contributed by atoms with E-state index in [9.17, 15) is 18.8 Å². The Kier molecular flexibility index (Phi) is 7.63. The number of ketones is 1. The highest BCUT2D eigenvalue weighted by atomic mass is 19.1. The van der Waals surface area contributed by atoms with Crippen molar-refractivity contribution in [1.82, 2.24) is 0 Å². The van der Waals surface area contributed by atoms with Gasteiger partial charge in [0, 0.05) is 17.7 Å². The molecule has 6 heteroatoms. The molecule has 0 saturated heterocycles. The highest BCUT2D eigenvalue weighted by molar-refractivity contribution is 6.28. The van der Waals surface area contributed by atoms with Gasteiger partial charge in [-0.25, -0.2) is 9.29 Å². The Hall–Kier alpha value is -4.32. The molecule has 0 bridgehead atoms. The van der Waals surface area contributed by atoms with Crippen molar-refractivity contribution < 1.29 is 23.5 Å². The summed E-state index contributed by atoms with van der Waals surface area (Å²) in [6, 6.07) is 20.4. The van der Waals surface area contributed by atoms with Crippen LogP contribution in [0.3, 0.4) is 0 Å². The first kappa shape index (κ1) is 23.8. The van der Waals surface area contributed by atoms with Crippen LogP contribution in [0.5, 0.6) is 5.75 Å². The fraction of sp³-hybridized carbons (Fsp3) is 0.138. The second-order valence-corrected chi connectivity index (χ2v) is 8.09. The van der Waals surface area contributed by atoms with E-state index in [4.69, 9.17) is 4.74 Å². The number of hydrogen-bond acceptors (Lipinski definition) is 4. The molecule has 4 rings (SSSR count). The van der Waals surface area contributed by atoms with Crippen molar-refractivity contribution >= 4 is 29.4 Å². The Morgan fingerprint density at radius 2 is 1.49 bits per heavy atom. The Morgan fingerprint density at radius 1 is 0.829 bits per heavy atom. The number of carbonyl (C=O) groups is 3. The number of unbranched alkanes of at least 4 members (excludes halogenated alkanes) is 1. The number of benzene rings is 3. The summed E-state index contributed by atoms with van der Waals surface area (Å²) < 4.78 is 18.7. The second-order valence-electron chi connectivity index (χ2n) is 8.09. The van der Waals surface area contributed by atoms with Gasteiger partial charge >= 0.3 is 0 Å². The van der Waals surface area contributed by atoms with Crippen LogP contribution in [0.25, 0.3) is 6.08 Å². The van der Waals surface area contributed by atoms with E-state index in [1.54, 1.807) is 30.3 Å². The molecule has 0 fully saturated rings. The number of imide groups is 1. The third-order valence-corrected chi connectivity index (χ3v) is 5.57. The number of hydrogen-bond donors (Lipinski definition) is 0. The van der Waals surface area contributed by atoms with E-state index in [1.807, 2.05) is 24.3 Å². The van der Waals surface area contributed by atoms with Gasteiger partial charge in [0.2, 0.25) is 0 Å². The summed E-state index contributed by atoms with van der Waals surface area (Å²) in [6.07, 6.45) is 8.50. The van der Waals surface area contributed by atoms with Gasteiger partial charge in [-0.1, -0.05) is 30.3 Å². The van der Waals surface area contributed by atoms with E-state index in [0.29, 0.717) is 23.6 Å². The molecule has 0 radical (unpaired) electrons. The van der Waals surface area contributed by atoms with E-state index in [0.717, 1.165) is 29.7 Å². The summed E-state index contributed by atoms with van der Waals surface area (Å²) >= 11 is 0. The van der Waals surface area contributed by atoms with E-state index in [1.165, 1.54) is 48.1 Å². The number of ether oxygens (including phenoxy) is 1. The number of amides is 2. The molecule has 0 N–H and O–H groups in total. The quantitative estimate of drug-likeness (QED) is 0.169. The van der Waals surface area contributed by atoms with Crippen LogP contribution in [-0.4, -0.2) is 24.2 Å². The lowest BCUT2D eigenvalue weighted by Crippen LogP contribution is -2.29. The Morgan fingerprint density at radius 3 is 2.14 bits per heavy atom. The summed E-state index contributed by atoms with van der Waals surface area (Å²) in [5.74, 6) is -0.530. The number of aryl methyl sites for hydroxylation is 1. The molecular formula is C29H24FNO4. The van der Waals surface area contributed by atoms with Gasteiger partial charge in [0.05, 0.1) is 12.3 Å². The Balaban J connectivity index is 1.17. The number of nitrogens with zero attached hydrogens (tertiary/aromatic N) is 1. The predicted octanol–water partition coefficient (Wildman–Crippen LogP) is 5.55. The molecule has 5 nitrogen and oxygen atoms in total. The van der Waals surface area contributed by atoms with Crippen LogP contribution in [0, 0.1) is 5.82 Å². The Labute approximate surface area is 203 Å². The standard InChI is InChI=1S/C29H24FNO4/c30-24-11-9-23(10-12-24)27(32)17-8-22-6-4-21(5-7-22)3-1-2-20-35-26-15-13-25(14-16-26)31-28(33)18-19-29(31)34/h4-19H,1-3,20H2. The van der Waals surface area contributed by atoms with Gasteiger partial charge in [0.15, 0.2) is 5.78 Å².